The van der Waals surface area contributed by atoms with Gasteiger partial charge >= 0.3 is 0 Å². The van der Waals surface area contributed by atoms with Gasteiger partial charge in [-0.05, 0) is 29.7 Å². The minimum atomic E-state index is -4.20. The molecule has 2 rings (SSSR count). The van der Waals surface area contributed by atoms with Crippen molar-refractivity contribution in [3.05, 3.63) is 40.7 Å². The lowest BCUT2D eigenvalue weighted by molar-refractivity contribution is 0.483. The molecule has 0 amide bonds. The van der Waals surface area contributed by atoms with E-state index < -0.39 is 10.1 Å². The Morgan fingerprint density at radius 1 is 1.13 bits per heavy atom. The van der Waals surface area contributed by atoms with E-state index in [9.17, 15) is 13.2 Å². The highest BCUT2D eigenvalue weighted by atomic mass is 32.2. The molecular weight excluding hydrogens is 218 g/mol. The summed E-state index contributed by atoms with van der Waals surface area (Å²) in [6.45, 7) is 0. The van der Waals surface area contributed by atoms with E-state index in [4.69, 9.17) is 4.55 Å². The van der Waals surface area contributed by atoms with Crippen LogP contribution >= 0.6 is 0 Å². The smallest absolute Gasteiger partial charge is 0.294 e. The SMILES string of the molecule is O=c1ccc2cc(S(=O)(=O)O)ccc2[nH]1. The number of hydrogen-bond acceptors (Lipinski definition) is 3. The number of aromatic amines is 1. The van der Waals surface area contributed by atoms with Crippen molar-refractivity contribution < 1.29 is 13.0 Å². The van der Waals surface area contributed by atoms with Crippen molar-refractivity contribution in [3.8, 4) is 0 Å². The molecule has 0 aliphatic rings. The van der Waals surface area contributed by atoms with Crippen molar-refractivity contribution in [2.45, 2.75) is 4.90 Å². The number of benzene rings is 1. The molecule has 78 valence electrons. The number of fused-ring (bicyclic) bond motifs is 1. The van der Waals surface area contributed by atoms with Gasteiger partial charge in [-0.15, -0.1) is 0 Å². The molecule has 1 aromatic heterocycles. The molecule has 1 heterocycles. The lowest BCUT2D eigenvalue weighted by Crippen LogP contribution is -2.03. The van der Waals surface area contributed by atoms with Crippen molar-refractivity contribution in [2.75, 3.05) is 0 Å². The van der Waals surface area contributed by atoms with Crippen LogP contribution in [0.4, 0.5) is 0 Å². The standard InChI is InChI=1S/C9H7NO4S/c11-9-4-1-6-5-7(15(12,13)14)2-3-8(6)10-9/h1-5H,(H,10,11)(H,12,13,14). The maximum Gasteiger partial charge on any atom is 0.294 e. The molecule has 0 atom stereocenters. The fourth-order valence-electron chi connectivity index (χ4n) is 1.29. The molecule has 1 aromatic carbocycles. The molecule has 0 saturated carbocycles. The maximum atomic E-state index is 10.9. The van der Waals surface area contributed by atoms with Gasteiger partial charge in [-0.1, -0.05) is 0 Å². The predicted molar refractivity (Wildman–Crippen MR) is 54.4 cm³/mol. The van der Waals surface area contributed by atoms with Gasteiger partial charge in [0.2, 0.25) is 5.56 Å². The third-order valence-electron chi connectivity index (χ3n) is 1.99. The molecule has 0 spiro atoms. The first kappa shape index (κ1) is 9.88. The van der Waals surface area contributed by atoms with E-state index in [0.29, 0.717) is 10.9 Å². The van der Waals surface area contributed by atoms with Crippen LogP contribution in [0.2, 0.25) is 0 Å². The molecule has 0 saturated heterocycles. The van der Waals surface area contributed by atoms with Crippen molar-refractivity contribution >= 4 is 21.0 Å². The quantitative estimate of drug-likeness (QED) is 0.702. The molecule has 5 nitrogen and oxygen atoms in total. The third-order valence-corrected chi connectivity index (χ3v) is 2.84. The van der Waals surface area contributed by atoms with Crippen LogP contribution in [0.25, 0.3) is 10.9 Å². The van der Waals surface area contributed by atoms with E-state index in [-0.39, 0.29) is 10.5 Å². The first-order chi connectivity index (χ1) is 6.97. The lowest BCUT2D eigenvalue weighted by atomic mass is 10.2. The maximum absolute atomic E-state index is 10.9. The fraction of sp³-hybridized carbons (Fsp3) is 0. The second kappa shape index (κ2) is 3.18. The molecule has 2 aromatic rings. The average molecular weight is 225 g/mol. The molecule has 15 heavy (non-hydrogen) atoms. The second-order valence-corrected chi connectivity index (χ2v) is 4.47. The number of H-pyrrole nitrogens is 1. The predicted octanol–water partition coefficient (Wildman–Crippen LogP) is 0.775. The van der Waals surface area contributed by atoms with E-state index in [2.05, 4.69) is 4.98 Å². The molecule has 0 bridgehead atoms. The van der Waals surface area contributed by atoms with Crippen LogP contribution < -0.4 is 5.56 Å². The van der Waals surface area contributed by atoms with Gasteiger partial charge in [-0.3, -0.25) is 9.35 Å². The van der Waals surface area contributed by atoms with Gasteiger partial charge in [0.05, 0.1) is 4.90 Å². The number of nitrogens with one attached hydrogen (secondary N) is 1. The van der Waals surface area contributed by atoms with Crippen LogP contribution in [-0.4, -0.2) is 18.0 Å². The van der Waals surface area contributed by atoms with E-state index in [1.165, 1.54) is 30.3 Å². The summed E-state index contributed by atoms with van der Waals surface area (Å²) in [7, 11) is -4.20. The van der Waals surface area contributed by atoms with Gasteiger partial charge in [0.25, 0.3) is 10.1 Å². The molecule has 0 aliphatic carbocycles. The van der Waals surface area contributed by atoms with Crippen molar-refractivity contribution in [1.29, 1.82) is 0 Å². The topological polar surface area (TPSA) is 87.2 Å². The summed E-state index contributed by atoms with van der Waals surface area (Å²) in [5.41, 5.74) is 0.261. The molecular formula is C9H7NO4S. The minimum absolute atomic E-state index is 0.193. The summed E-state index contributed by atoms with van der Waals surface area (Å²) in [6.07, 6.45) is 0. The Bertz CT molecular complexity index is 672. The zero-order valence-electron chi connectivity index (χ0n) is 7.47. The van der Waals surface area contributed by atoms with Crippen LogP contribution in [0.15, 0.2) is 40.0 Å². The molecule has 0 aliphatic heterocycles. The third kappa shape index (κ3) is 1.90. The van der Waals surface area contributed by atoms with Crippen molar-refractivity contribution in [1.82, 2.24) is 4.98 Å². The van der Waals surface area contributed by atoms with Gasteiger partial charge in [0.15, 0.2) is 0 Å². The van der Waals surface area contributed by atoms with E-state index in [1.54, 1.807) is 0 Å². The highest BCUT2D eigenvalue weighted by Gasteiger charge is 2.09. The van der Waals surface area contributed by atoms with Gasteiger partial charge in [0.1, 0.15) is 0 Å². The van der Waals surface area contributed by atoms with E-state index in [0.717, 1.165) is 0 Å². The Morgan fingerprint density at radius 2 is 1.87 bits per heavy atom. The van der Waals surface area contributed by atoms with Crippen LogP contribution in [0.1, 0.15) is 0 Å². The summed E-state index contributed by atoms with van der Waals surface area (Å²) in [4.78, 5) is 13.3. The van der Waals surface area contributed by atoms with Crippen LogP contribution in [0.5, 0.6) is 0 Å². The Labute approximate surface area is 85.1 Å². The van der Waals surface area contributed by atoms with Gasteiger partial charge in [-0.2, -0.15) is 8.42 Å². The first-order valence-electron chi connectivity index (χ1n) is 4.07. The molecule has 2 N–H and O–H groups in total. The average Bonchev–Trinajstić information content (AvgIpc) is 2.15. The fourth-order valence-corrected chi connectivity index (χ4v) is 1.81. The number of pyridine rings is 1. The largest absolute Gasteiger partial charge is 0.322 e. The molecule has 0 unspecified atom stereocenters. The number of aromatic nitrogens is 1. The minimum Gasteiger partial charge on any atom is -0.322 e. The molecule has 0 radical (unpaired) electrons. The number of hydrogen-bond donors (Lipinski definition) is 2. The first-order valence-corrected chi connectivity index (χ1v) is 5.51. The normalized spacial score (nSPS) is 11.8. The summed E-state index contributed by atoms with van der Waals surface area (Å²) >= 11 is 0. The van der Waals surface area contributed by atoms with Crippen LogP contribution in [0.3, 0.4) is 0 Å². The van der Waals surface area contributed by atoms with Gasteiger partial charge in [-0.25, -0.2) is 0 Å². The monoisotopic (exact) mass is 225 g/mol. The molecule has 6 heteroatoms. The Morgan fingerprint density at radius 3 is 2.53 bits per heavy atom. The highest BCUT2D eigenvalue weighted by Crippen LogP contribution is 2.15. The van der Waals surface area contributed by atoms with Gasteiger partial charge < -0.3 is 4.98 Å². The highest BCUT2D eigenvalue weighted by molar-refractivity contribution is 7.85. The van der Waals surface area contributed by atoms with E-state index in [1.807, 2.05) is 0 Å². The van der Waals surface area contributed by atoms with Crippen molar-refractivity contribution in [2.24, 2.45) is 0 Å². The Balaban J connectivity index is 2.78. The number of rotatable bonds is 1. The van der Waals surface area contributed by atoms with E-state index >= 15 is 0 Å². The zero-order valence-corrected chi connectivity index (χ0v) is 8.28. The zero-order chi connectivity index (χ0) is 11.1. The Hall–Kier alpha value is -1.66. The van der Waals surface area contributed by atoms with Crippen LogP contribution in [0, 0.1) is 0 Å². The summed E-state index contributed by atoms with van der Waals surface area (Å²) in [5, 5.41) is 0.546. The molecule has 0 fully saturated rings. The van der Waals surface area contributed by atoms with Gasteiger partial charge in [0, 0.05) is 11.6 Å². The van der Waals surface area contributed by atoms with Crippen molar-refractivity contribution in [3.63, 3.8) is 0 Å². The lowest BCUT2D eigenvalue weighted by Gasteiger charge is -1.99. The summed E-state index contributed by atoms with van der Waals surface area (Å²) in [5.74, 6) is 0. The summed E-state index contributed by atoms with van der Waals surface area (Å²) in [6, 6.07) is 6.73. The second-order valence-electron chi connectivity index (χ2n) is 3.05. The summed E-state index contributed by atoms with van der Waals surface area (Å²) < 4.78 is 30.5. The van der Waals surface area contributed by atoms with Crippen LogP contribution in [-0.2, 0) is 10.1 Å². The Kier molecular flexibility index (Phi) is 2.09.